The Morgan fingerprint density at radius 2 is 2.05 bits per heavy atom. The van der Waals surface area contributed by atoms with E-state index in [1.807, 2.05) is 13.0 Å². The average molecular weight is 330 g/mol. The molecule has 0 aliphatic heterocycles. The fourth-order valence-corrected chi connectivity index (χ4v) is 2.26. The van der Waals surface area contributed by atoms with Gasteiger partial charge in [-0.25, -0.2) is 0 Å². The average Bonchev–Trinajstić information content (AvgIpc) is 2.35. The molecule has 3 nitrogen and oxygen atoms in total. The van der Waals surface area contributed by atoms with Gasteiger partial charge < -0.3 is 15.2 Å². The number of benzene rings is 1. The predicted octanol–water partition coefficient (Wildman–Crippen LogP) is 3.53. The number of hydrogen-bond acceptors (Lipinski definition) is 3. The third kappa shape index (κ3) is 6.95. The molecule has 0 aliphatic carbocycles. The molecule has 0 saturated carbocycles. The van der Waals surface area contributed by atoms with Crippen molar-refractivity contribution in [1.29, 1.82) is 0 Å². The van der Waals surface area contributed by atoms with E-state index in [0.717, 1.165) is 36.1 Å². The molecule has 1 aromatic rings. The highest BCUT2D eigenvalue weighted by molar-refractivity contribution is 9.10. The van der Waals surface area contributed by atoms with Gasteiger partial charge in [-0.1, -0.05) is 19.4 Å². The minimum Gasteiger partial charge on any atom is -0.490 e. The van der Waals surface area contributed by atoms with Gasteiger partial charge in [0.2, 0.25) is 0 Å². The molecule has 0 aliphatic rings. The van der Waals surface area contributed by atoms with Crippen LogP contribution in [-0.4, -0.2) is 25.9 Å². The summed E-state index contributed by atoms with van der Waals surface area (Å²) in [6.07, 6.45) is 3.14. The van der Waals surface area contributed by atoms with Crippen molar-refractivity contribution in [3.05, 3.63) is 28.2 Å². The van der Waals surface area contributed by atoms with E-state index in [9.17, 15) is 0 Å². The van der Waals surface area contributed by atoms with Crippen molar-refractivity contribution in [2.45, 2.75) is 39.2 Å². The first-order valence-corrected chi connectivity index (χ1v) is 7.67. The fourth-order valence-electron chi connectivity index (χ4n) is 1.72. The zero-order valence-corrected chi connectivity index (χ0v) is 13.4. The first-order chi connectivity index (χ1) is 9.13. The molecule has 1 rings (SSSR count). The Hall–Kier alpha value is -0.580. The largest absolute Gasteiger partial charge is 0.490 e. The quantitative estimate of drug-likeness (QED) is 0.705. The molecular formula is C15H24BrNO2. The van der Waals surface area contributed by atoms with Gasteiger partial charge in [0.15, 0.2) is 0 Å². The molecule has 19 heavy (non-hydrogen) atoms. The summed E-state index contributed by atoms with van der Waals surface area (Å²) < 4.78 is 12.1. The van der Waals surface area contributed by atoms with Gasteiger partial charge in [0, 0.05) is 12.6 Å². The zero-order chi connectivity index (χ0) is 14.1. The summed E-state index contributed by atoms with van der Waals surface area (Å²) in [5.74, 6) is 0.854. The highest BCUT2D eigenvalue weighted by atomic mass is 79.9. The maximum Gasteiger partial charge on any atom is 0.133 e. The van der Waals surface area contributed by atoms with Crippen molar-refractivity contribution in [1.82, 2.24) is 0 Å². The van der Waals surface area contributed by atoms with Crippen molar-refractivity contribution in [2.75, 3.05) is 19.8 Å². The van der Waals surface area contributed by atoms with Crippen LogP contribution in [0.5, 0.6) is 5.75 Å². The van der Waals surface area contributed by atoms with E-state index in [1.165, 1.54) is 5.56 Å². The summed E-state index contributed by atoms with van der Waals surface area (Å²) in [7, 11) is 0. The van der Waals surface area contributed by atoms with Gasteiger partial charge >= 0.3 is 0 Å². The van der Waals surface area contributed by atoms with Gasteiger partial charge in [0.25, 0.3) is 0 Å². The number of unbranched alkanes of at least 4 members (excludes halogenated alkanes) is 1. The SMILES string of the molecule is CCCCOCCOc1ccc(CC(C)N)cc1Br. The topological polar surface area (TPSA) is 44.5 Å². The molecule has 0 bridgehead atoms. The number of hydrogen-bond donors (Lipinski definition) is 1. The normalized spacial score (nSPS) is 12.4. The van der Waals surface area contributed by atoms with Crippen molar-refractivity contribution >= 4 is 15.9 Å². The zero-order valence-electron chi connectivity index (χ0n) is 11.8. The molecule has 0 amide bonds. The van der Waals surface area contributed by atoms with E-state index in [0.29, 0.717) is 13.2 Å². The first kappa shape index (κ1) is 16.5. The Balaban J connectivity index is 2.34. The van der Waals surface area contributed by atoms with Gasteiger partial charge in [-0.2, -0.15) is 0 Å². The summed E-state index contributed by atoms with van der Waals surface area (Å²) in [5.41, 5.74) is 7.00. The molecule has 0 aromatic heterocycles. The molecule has 0 heterocycles. The molecule has 2 N–H and O–H groups in total. The number of rotatable bonds is 9. The van der Waals surface area contributed by atoms with E-state index in [-0.39, 0.29) is 6.04 Å². The summed E-state index contributed by atoms with van der Waals surface area (Å²) >= 11 is 3.52. The Kier molecular flexibility index (Phi) is 8.10. The van der Waals surface area contributed by atoms with Crippen LogP contribution in [0, 0.1) is 0 Å². The standard InChI is InChI=1S/C15H24BrNO2/c1-3-4-7-18-8-9-19-15-6-5-13(10-12(2)17)11-14(15)16/h5-6,11-12H,3-4,7-10,17H2,1-2H3. The van der Waals surface area contributed by atoms with Crippen molar-refractivity contribution in [3.63, 3.8) is 0 Å². The molecule has 1 aromatic carbocycles. The third-order valence-corrected chi connectivity index (χ3v) is 3.30. The van der Waals surface area contributed by atoms with E-state index in [2.05, 4.69) is 35.0 Å². The van der Waals surface area contributed by atoms with Crippen LogP contribution in [0.1, 0.15) is 32.3 Å². The van der Waals surface area contributed by atoms with Gasteiger partial charge in [0.1, 0.15) is 12.4 Å². The third-order valence-electron chi connectivity index (χ3n) is 2.68. The van der Waals surface area contributed by atoms with Crippen LogP contribution >= 0.6 is 15.9 Å². The van der Waals surface area contributed by atoms with Crippen LogP contribution in [-0.2, 0) is 11.2 Å². The number of nitrogens with two attached hydrogens (primary N) is 1. The van der Waals surface area contributed by atoms with Crippen LogP contribution in [0.2, 0.25) is 0 Å². The Bertz CT molecular complexity index is 369. The molecular weight excluding hydrogens is 306 g/mol. The Morgan fingerprint density at radius 3 is 2.68 bits per heavy atom. The maximum absolute atomic E-state index is 5.79. The van der Waals surface area contributed by atoms with Crippen molar-refractivity contribution in [3.8, 4) is 5.75 Å². The lowest BCUT2D eigenvalue weighted by Gasteiger charge is -2.11. The summed E-state index contributed by atoms with van der Waals surface area (Å²) in [6.45, 7) is 6.18. The molecule has 1 unspecified atom stereocenters. The van der Waals surface area contributed by atoms with Crippen LogP contribution in [0.3, 0.4) is 0 Å². The minimum atomic E-state index is 0.172. The molecule has 4 heteroatoms. The second-order valence-corrected chi connectivity index (χ2v) is 5.61. The number of halogens is 1. The molecule has 0 saturated heterocycles. The minimum absolute atomic E-state index is 0.172. The summed E-state index contributed by atoms with van der Waals surface area (Å²) in [6, 6.07) is 6.27. The van der Waals surface area contributed by atoms with Gasteiger partial charge in [-0.15, -0.1) is 0 Å². The lowest BCUT2D eigenvalue weighted by Crippen LogP contribution is -2.17. The fraction of sp³-hybridized carbons (Fsp3) is 0.600. The molecule has 1 atom stereocenters. The molecule has 0 fully saturated rings. The Morgan fingerprint density at radius 1 is 1.26 bits per heavy atom. The smallest absolute Gasteiger partial charge is 0.133 e. The van der Waals surface area contributed by atoms with Crippen LogP contribution in [0.4, 0.5) is 0 Å². The van der Waals surface area contributed by atoms with E-state index in [4.69, 9.17) is 15.2 Å². The van der Waals surface area contributed by atoms with Crippen LogP contribution in [0.15, 0.2) is 22.7 Å². The van der Waals surface area contributed by atoms with Gasteiger partial charge in [-0.05, 0) is 53.4 Å². The van der Waals surface area contributed by atoms with E-state index >= 15 is 0 Å². The lowest BCUT2D eigenvalue weighted by atomic mass is 10.1. The highest BCUT2D eigenvalue weighted by Crippen LogP contribution is 2.26. The van der Waals surface area contributed by atoms with Crippen molar-refractivity contribution in [2.24, 2.45) is 5.73 Å². The van der Waals surface area contributed by atoms with Gasteiger partial charge in [-0.3, -0.25) is 0 Å². The Labute approximate surface area is 124 Å². The summed E-state index contributed by atoms with van der Waals surface area (Å²) in [4.78, 5) is 0. The van der Waals surface area contributed by atoms with E-state index in [1.54, 1.807) is 0 Å². The van der Waals surface area contributed by atoms with Crippen LogP contribution in [0.25, 0.3) is 0 Å². The predicted molar refractivity (Wildman–Crippen MR) is 82.7 cm³/mol. The molecule has 108 valence electrons. The first-order valence-electron chi connectivity index (χ1n) is 6.88. The molecule has 0 radical (unpaired) electrons. The number of ether oxygens (including phenoxy) is 2. The van der Waals surface area contributed by atoms with Gasteiger partial charge in [0.05, 0.1) is 11.1 Å². The monoisotopic (exact) mass is 329 g/mol. The van der Waals surface area contributed by atoms with Crippen LogP contribution < -0.4 is 10.5 Å². The highest BCUT2D eigenvalue weighted by Gasteiger charge is 2.04. The second kappa shape index (κ2) is 9.34. The second-order valence-electron chi connectivity index (χ2n) is 4.76. The lowest BCUT2D eigenvalue weighted by molar-refractivity contribution is 0.0978. The van der Waals surface area contributed by atoms with E-state index < -0.39 is 0 Å². The summed E-state index contributed by atoms with van der Waals surface area (Å²) in [5, 5.41) is 0. The maximum atomic E-state index is 5.79. The molecule has 0 spiro atoms. The van der Waals surface area contributed by atoms with Crippen molar-refractivity contribution < 1.29 is 9.47 Å².